The van der Waals surface area contributed by atoms with Crippen molar-refractivity contribution in [3.63, 3.8) is 0 Å². The molecule has 0 radical (unpaired) electrons. The monoisotopic (exact) mass is 368 g/mol. The van der Waals surface area contributed by atoms with Crippen molar-refractivity contribution in [2.45, 2.75) is 26.4 Å². The van der Waals surface area contributed by atoms with Crippen LogP contribution >= 0.6 is 23.2 Å². The van der Waals surface area contributed by atoms with Crippen LogP contribution < -0.4 is 15.8 Å². The largest absolute Gasteiger partial charge is 0.453 e. The van der Waals surface area contributed by atoms with E-state index in [1.807, 2.05) is 0 Å². The number of nitrogens with one attached hydrogen (secondary N) is 1. The number of hydrogen-bond acceptors (Lipinski definition) is 4. The van der Waals surface area contributed by atoms with Gasteiger partial charge in [-0.2, -0.15) is 0 Å². The Balaban J connectivity index is 2.20. The third-order valence-electron chi connectivity index (χ3n) is 2.79. The maximum atomic E-state index is 11.8. The number of ether oxygens (including phenoxy) is 2. The first-order valence-corrected chi connectivity index (χ1v) is 7.93. The van der Waals surface area contributed by atoms with Crippen molar-refractivity contribution in [2.75, 3.05) is 11.1 Å². The number of carbonyl (C=O) groups is 1. The fraction of sp³-hybridized carbons (Fsp3) is 0.235. The van der Waals surface area contributed by atoms with Gasteiger partial charge in [-0.05, 0) is 45.0 Å². The lowest BCUT2D eigenvalue weighted by molar-refractivity contribution is 0.0636. The van der Waals surface area contributed by atoms with Gasteiger partial charge in [0.25, 0.3) is 0 Å². The molecule has 0 aliphatic heterocycles. The van der Waals surface area contributed by atoms with Gasteiger partial charge in [-0.3, -0.25) is 5.32 Å². The summed E-state index contributed by atoms with van der Waals surface area (Å²) in [6.45, 7) is 5.35. The molecule has 2 aromatic carbocycles. The number of benzene rings is 2. The summed E-state index contributed by atoms with van der Waals surface area (Å²) in [5, 5.41) is 3.27. The minimum absolute atomic E-state index is 0.282. The van der Waals surface area contributed by atoms with E-state index in [9.17, 15) is 4.79 Å². The van der Waals surface area contributed by atoms with E-state index in [0.29, 0.717) is 27.9 Å². The zero-order chi connectivity index (χ0) is 17.9. The predicted molar refractivity (Wildman–Crippen MR) is 97.2 cm³/mol. The van der Waals surface area contributed by atoms with Crippen LogP contribution in [0.3, 0.4) is 0 Å². The summed E-state index contributed by atoms with van der Waals surface area (Å²) < 4.78 is 10.9. The summed E-state index contributed by atoms with van der Waals surface area (Å²) in [5.41, 5.74) is 6.19. The van der Waals surface area contributed by atoms with Crippen LogP contribution in [-0.4, -0.2) is 11.7 Å². The maximum absolute atomic E-state index is 11.8. The second kappa shape index (κ2) is 7.20. The highest BCUT2D eigenvalue weighted by Gasteiger charge is 2.17. The molecule has 128 valence electrons. The van der Waals surface area contributed by atoms with Crippen LogP contribution in [0.2, 0.25) is 10.0 Å². The van der Waals surface area contributed by atoms with Crippen molar-refractivity contribution in [3.8, 4) is 11.5 Å². The number of anilines is 2. The molecule has 0 aliphatic carbocycles. The van der Waals surface area contributed by atoms with Gasteiger partial charge >= 0.3 is 6.09 Å². The number of amides is 1. The average Bonchev–Trinajstić information content (AvgIpc) is 2.45. The third kappa shape index (κ3) is 4.94. The van der Waals surface area contributed by atoms with Crippen LogP contribution in [-0.2, 0) is 4.74 Å². The molecular weight excluding hydrogens is 351 g/mol. The smallest absolute Gasteiger partial charge is 0.412 e. The Labute approximate surface area is 150 Å². The first kappa shape index (κ1) is 18.2. The Morgan fingerprint density at radius 1 is 1.12 bits per heavy atom. The van der Waals surface area contributed by atoms with Crippen LogP contribution in [0, 0.1) is 0 Å². The molecule has 0 aliphatic rings. The molecule has 0 heterocycles. The van der Waals surface area contributed by atoms with E-state index >= 15 is 0 Å². The normalized spacial score (nSPS) is 11.0. The summed E-state index contributed by atoms with van der Waals surface area (Å²) in [5.74, 6) is 0.706. The molecule has 0 aromatic heterocycles. The molecule has 3 N–H and O–H groups in total. The van der Waals surface area contributed by atoms with E-state index in [0.717, 1.165) is 0 Å². The Hall–Kier alpha value is -2.11. The van der Waals surface area contributed by atoms with Gasteiger partial charge in [0.15, 0.2) is 5.75 Å². The molecule has 1 amide bonds. The van der Waals surface area contributed by atoms with Gasteiger partial charge in [-0.25, -0.2) is 4.79 Å². The Morgan fingerprint density at radius 2 is 1.83 bits per heavy atom. The van der Waals surface area contributed by atoms with Gasteiger partial charge in [0.2, 0.25) is 0 Å². The summed E-state index contributed by atoms with van der Waals surface area (Å²) in [4.78, 5) is 11.8. The molecule has 0 saturated heterocycles. The molecule has 0 spiro atoms. The van der Waals surface area contributed by atoms with E-state index < -0.39 is 11.7 Å². The van der Waals surface area contributed by atoms with Crippen LogP contribution in [0.4, 0.5) is 16.2 Å². The average molecular weight is 369 g/mol. The van der Waals surface area contributed by atoms with Crippen molar-refractivity contribution < 1.29 is 14.3 Å². The highest BCUT2D eigenvalue weighted by atomic mass is 35.5. The summed E-state index contributed by atoms with van der Waals surface area (Å²) in [6.07, 6.45) is -0.570. The van der Waals surface area contributed by atoms with Crippen LogP contribution in [0.5, 0.6) is 11.5 Å². The highest BCUT2D eigenvalue weighted by Crippen LogP contribution is 2.37. The van der Waals surface area contributed by atoms with Gasteiger partial charge in [-0.15, -0.1) is 0 Å². The molecular formula is C17H18Cl2N2O3. The van der Waals surface area contributed by atoms with Gasteiger partial charge in [-0.1, -0.05) is 29.3 Å². The molecule has 5 nitrogen and oxygen atoms in total. The van der Waals surface area contributed by atoms with Crippen LogP contribution in [0.15, 0.2) is 36.4 Å². The van der Waals surface area contributed by atoms with Crippen LogP contribution in [0.25, 0.3) is 0 Å². The maximum Gasteiger partial charge on any atom is 0.412 e. The molecule has 2 rings (SSSR count). The molecule has 2 aromatic rings. The summed E-state index contributed by atoms with van der Waals surface area (Å²) in [6, 6.07) is 9.87. The second-order valence-corrected chi connectivity index (χ2v) is 6.82. The van der Waals surface area contributed by atoms with Crippen molar-refractivity contribution in [3.05, 3.63) is 46.4 Å². The molecule has 0 atom stereocenters. The zero-order valence-electron chi connectivity index (χ0n) is 13.5. The molecule has 7 heteroatoms. The van der Waals surface area contributed by atoms with Gasteiger partial charge in [0, 0.05) is 11.8 Å². The zero-order valence-corrected chi connectivity index (χ0v) is 15.0. The van der Waals surface area contributed by atoms with E-state index in [1.54, 1.807) is 57.2 Å². The standard InChI is InChI=1S/C17H18Cl2N2O3/c1-17(2,3)24-16(22)21-10-7-8-12(20)14(9-10)23-13-6-4-5-11(18)15(13)19/h4-9H,20H2,1-3H3,(H,21,22). The lowest BCUT2D eigenvalue weighted by Gasteiger charge is -2.20. The van der Waals surface area contributed by atoms with E-state index in [4.69, 9.17) is 38.4 Å². The van der Waals surface area contributed by atoms with Crippen molar-refractivity contribution in [1.29, 1.82) is 0 Å². The molecule has 0 saturated carbocycles. The first-order chi connectivity index (χ1) is 11.2. The summed E-state index contributed by atoms with van der Waals surface area (Å²) in [7, 11) is 0. The number of rotatable bonds is 3. The fourth-order valence-corrected chi connectivity index (χ4v) is 2.13. The van der Waals surface area contributed by atoms with Gasteiger partial charge in [0.05, 0.1) is 10.7 Å². The van der Waals surface area contributed by atoms with Gasteiger partial charge in [0.1, 0.15) is 16.4 Å². The van der Waals surface area contributed by atoms with E-state index in [-0.39, 0.29) is 5.02 Å². The molecule has 0 bridgehead atoms. The molecule has 0 fully saturated rings. The Bertz CT molecular complexity index is 758. The van der Waals surface area contributed by atoms with Crippen molar-refractivity contribution in [2.24, 2.45) is 0 Å². The number of carbonyl (C=O) groups excluding carboxylic acids is 1. The second-order valence-electron chi connectivity index (χ2n) is 6.03. The minimum atomic E-state index is -0.592. The quantitative estimate of drug-likeness (QED) is 0.679. The number of hydrogen-bond donors (Lipinski definition) is 2. The van der Waals surface area contributed by atoms with Gasteiger partial charge < -0.3 is 15.2 Å². The first-order valence-electron chi connectivity index (χ1n) is 7.17. The fourth-order valence-electron chi connectivity index (χ4n) is 1.80. The minimum Gasteiger partial charge on any atom is -0.453 e. The number of nitrogens with two attached hydrogens (primary N) is 1. The van der Waals surface area contributed by atoms with Crippen molar-refractivity contribution >= 4 is 40.7 Å². The lowest BCUT2D eigenvalue weighted by atomic mass is 10.2. The Kier molecular flexibility index (Phi) is 5.47. The van der Waals surface area contributed by atoms with Crippen molar-refractivity contribution in [1.82, 2.24) is 0 Å². The summed E-state index contributed by atoms with van der Waals surface area (Å²) >= 11 is 12.1. The number of halogens is 2. The predicted octanol–water partition coefficient (Wildman–Crippen LogP) is 5.71. The third-order valence-corrected chi connectivity index (χ3v) is 3.60. The Morgan fingerprint density at radius 3 is 2.50 bits per heavy atom. The SMILES string of the molecule is CC(C)(C)OC(=O)Nc1ccc(N)c(Oc2cccc(Cl)c2Cl)c1. The molecule has 24 heavy (non-hydrogen) atoms. The number of nitrogen functional groups attached to an aromatic ring is 1. The lowest BCUT2D eigenvalue weighted by Crippen LogP contribution is -2.27. The van der Waals surface area contributed by atoms with Crippen LogP contribution in [0.1, 0.15) is 20.8 Å². The highest BCUT2D eigenvalue weighted by molar-refractivity contribution is 6.42. The molecule has 0 unspecified atom stereocenters. The van der Waals surface area contributed by atoms with E-state index in [1.165, 1.54) is 0 Å². The topological polar surface area (TPSA) is 73.6 Å². The van der Waals surface area contributed by atoms with E-state index in [2.05, 4.69) is 5.32 Å².